The molecule has 6 nitrogen and oxygen atoms in total. The molecule has 0 saturated carbocycles. The van der Waals surface area contributed by atoms with Crippen LogP contribution >= 0.6 is 27.7 Å². The Balaban J connectivity index is 1.47. The van der Waals surface area contributed by atoms with Crippen LogP contribution in [0.3, 0.4) is 0 Å². The van der Waals surface area contributed by atoms with Crippen LogP contribution in [0.1, 0.15) is 6.42 Å². The predicted octanol–water partition coefficient (Wildman–Crippen LogP) is 3.43. The maximum atomic E-state index is 12.1. The molecule has 0 saturated heterocycles. The average molecular weight is 435 g/mol. The van der Waals surface area contributed by atoms with Crippen molar-refractivity contribution in [3.8, 4) is 0 Å². The first-order chi connectivity index (χ1) is 12.5. The molecule has 0 radical (unpaired) electrons. The number of para-hydroxylation sites is 1. The fourth-order valence-electron chi connectivity index (χ4n) is 2.31. The minimum Gasteiger partial charge on any atom is -0.456 e. The van der Waals surface area contributed by atoms with E-state index in [0.29, 0.717) is 5.69 Å². The molecule has 8 heteroatoms. The molecule has 2 amide bonds. The topological polar surface area (TPSA) is 84.5 Å². The van der Waals surface area contributed by atoms with Crippen LogP contribution in [-0.2, 0) is 19.1 Å². The van der Waals surface area contributed by atoms with E-state index in [2.05, 4.69) is 26.6 Å². The Bertz CT molecular complexity index is 841. The molecule has 134 valence electrons. The number of hydrogen-bond donors (Lipinski definition) is 2. The number of amides is 2. The molecule has 0 unspecified atom stereocenters. The highest BCUT2D eigenvalue weighted by Gasteiger charge is 2.29. The van der Waals surface area contributed by atoms with Crippen molar-refractivity contribution in [1.82, 2.24) is 0 Å². The lowest BCUT2D eigenvalue weighted by molar-refractivity contribution is -0.147. The Hall–Kier alpha value is -2.32. The van der Waals surface area contributed by atoms with Crippen molar-refractivity contribution in [2.75, 3.05) is 17.2 Å². The summed E-state index contributed by atoms with van der Waals surface area (Å²) in [5.41, 5.74) is 1.34. The quantitative estimate of drug-likeness (QED) is 0.704. The van der Waals surface area contributed by atoms with Gasteiger partial charge < -0.3 is 15.4 Å². The van der Waals surface area contributed by atoms with E-state index in [-0.39, 0.29) is 12.3 Å². The molecule has 26 heavy (non-hydrogen) atoms. The largest absolute Gasteiger partial charge is 0.456 e. The SMILES string of the molecule is O=C(COC(=O)C[C@H]1Sc2ccccc2NC1=O)Nc1ccc(Br)cc1. The van der Waals surface area contributed by atoms with E-state index in [1.165, 1.54) is 11.8 Å². The van der Waals surface area contributed by atoms with Crippen LogP contribution in [0, 0.1) is 0 Å². The van der Waals surface area contributed by atoms with Gasteiger partial charge in [0.25, 0.3) is 5.91 Å². The Morgan fingerprint density at radius 3 is 2.65 bits per heavy atom. The van der Waals surface area contributed by atoms with Crippen molar-refractivity contribution in [2.45, 2.75) is 16.6 Å². The van der Waals surface area contributed by atoms with E-state index in [1.807, 2.05) is 18.2 Å². The van der Waals surface area contributed by atoms with Gasteiger partial charge in [0.2, 0.25) is 5.91 Å². The molecule has 2 N–H and O–H groups in total. The first-order valence-electron chi connectivity index (χ1n) is 7.79. The number of fused-ring (bicyclic) bond motifs is 1. The Morgan fingerprint density at radius 2 is 1.88 bits per heavy atom. The van der Waals surface area contributed by atoms with Gasteiger partial charge in [-0.2, -0.15) is 0 Å². The van der Waals surface area contributed by atoms with E-state index in [9.17, 15) is 14.4 Å². The lowest BCUT2D eigenvalue weighted by Crippen LogP contribution is -2.32. The van der Waals surface area contributed by atoms with Crippen molar-refractivity contribution in [2.24, 2.45) is 0 Å². The molecule has 0 spiro atoms. The zero-order valence-corrected chi connectivity index (χ0v) is 15.9. The number of halogens is 1. The minimum absolute atomic E-state index is 0.101. The van der Waals surface area contributed by atoms with Gasteiger partial charge in [0, 0.05) is 15.1 Å². The highest BCUT2D eigenvalue weighted by molar-refractivity contribution is 9.10. The number of esters is 1. The minimum atomic E-state index is -0.594. The number of ether oxygens (including phenoxy) is 1. The molecule has 1 aliphatic heterocycles. The Morgan fingerprint density at radius 1 is 1.15 bits per heavy atom. The van der Waals surface area contributed by atoms with Gasteiger partial charge in [-0.05, 0) is 36.4 Å². The summed E-state index contributed by atoms with van der Waals surface area (Å²) in [6.07, 6.45) is -0.101. The third kappa shape index (κ3) is 4.86. The standard InChI is InChI=1S/C18H15BrN2O4S/c19-11-5-7-12(8-6-11)20-16(22)10-25-17(23)9-15-18(24)21-13-3-1-2-4-14(13)26-15/h1-8,15H,9-10H2,(H,20,22)(H,21,24)/t15-/m1/s1. The molecule has 0 aliphatic carbocycles. The van der Waals surface area contributed by atoms with Crippen LogP contribution < -0.4 is 10.6 Å². The summed E-state index contributed by atoms with van der Waals surface area (Å²) in [7, 11) is 0. The predicted molar refractivity (Wildman–Crippen MR) is 103 cm³/mol. The van der Waals surface area contributed by atoms with Gasteiger partial charge >= 0.3 is 5.97 Å². The normalized spacial score (nSPS) is 15.6. The Kier molecular flexibility index (Phi) is 5.95. The summed E-state index contributed by atoms with van der Waals surface area (Å²) in [5.74, 6) is -1.28. The van der Waals surface area contributed by atoms with Gasteiger partial charge in [0.05, 0.1) is 17.4 Å². The van der Waals surface area contributed by atoms with E-state index < -0.39 is 23.7 Å². The van der Waals surface area contributed by atoms with Gasteiger partial charge in [-0.3, -0.25) is 14.4 Å². The maximum absolute atomic E-state index is 12.1. The van der Waals surface area contributed by atoms with Crippen LogP contribution in [0.2, 0.25) is 0 Å². The second kappa shape index (κ2) is 8.37. The molecule has 2 aromatic rings. The summed E-state index contributed by atoms with van der Waals surface area (Å²) < 4.78 is 5.88. The first-order valence-corrected chi connectivity index (χ1v) is 9.46. The number of anilines is 2. The van der Waals surface area contributed by atoms with Crippen LogP contribution in [0.15, 0.2) is 57.9 Å². The number of carbonyl (C=O) groups excluding carboxylic acids is 3. The molecular formula is C18H15BrN2O4S. The molecule has 1 aliphatic rings. The summed E-state index contributed by atoms with van der Waals surface area (Å²) in [4.78, 5) is 36.8. The zero-order valence-electron chi connectivity index (χ0n) is 13.5. The van der Waals surface area contributed by atoms with E-state index >= 15 is 0 Å². The fraction of sp³-hybridized carbons (Fsp3) is 0.167. The molecule has 0 fully saturated rings. The maximum Gasteiger partial charge on any atom is 0.307 e. The smallest absolute Gasteiger partial charge is 0.307 e. The fourth-order valence-corrected chi connectivity index (χ4v) is 3.67. The number of nitrogens with one attached hydrogen (secondary N) is 2. The van der Waals surface area contributed by atoms with Crippen LogP contribution in [-0.4, -0.2) is 29.6 Å². The van der Waals surface area contributed by atoms with Gasteiger partial charge in [-0.25, -0.2) is 0 Å². The second-order valence-corrected chi connectivity index (χ2v) is 7.67. The van der Waals surface area contributed by atoms with E-state index in [1.54, 1.807) is 30.3 Å². The lowest BCUT2D eigenvalue weighted by atomic mass is 10.2. The molecule has 3 rings (SSSR count). The van der Waals surface area contributed by atoms with E-state index in [4.69, 9.17) is 4.74 Å². The first kappa shape index (κ1) is 18.5. The highest BCUT2D eigenvalue weighted by Crippen LogP contribution is 2.36. The van der Waals surface area contributed by atoms with Crippen molar-refractivity contribution in [1.29, 1.82) is 0 Å². The lowest BCUT2D eigenvalue weighted by Gasteiger charge is -2.23. The monoisotopic (exact) mass is 434 g/mol. The molecule has 1 atom stereocenters. The zero-order chi connectivity index (χ0) is 18.5. The van der Waals surface area contributed by atoms with Gasteiger partial charge in [-0.1, -0.05) is 28.1 Å². The highest BCUT2D eigenvalue weighted by atomic mass is 79.9. The van der Waals surface area contributed by atoms with Gasteiger partial charge in [0.15, 0.2) is 6.61 Å². The van der Waals surface area contributed by atoms with Gasteiger partial charge in [0.1, 0.15) is 0 Å². The second-order valence-electron chi connectivity index (χ2n) is 5.51. The average Bonchev–Trinajstić information content (AvgIpc) is 2.62. The molecule has 0 bridgehead atoms. The van der Waals surface area contributed by atoms with Crippen LogP contribution in [0.4, 0.5) is 11.4 Å². The van der Waals surface area contributed by atoms with Crippen molar-refractivity contribution >= 4 is 56.9 Å². The number of carbonyl (C=O) groups is 3. The van der Waals surface area contributed by atoms with E-state index in [0.717, 1.165) is 15.1 Å². The van der Waals surface area contributed by atoms with Crippen molar-refractivity contribution in [3.05, 3.63) is 53.0 Å². The molecule has 2 aromatic carbocycles. The summed E-state index contributed by atoms with van der Waals surface area (Å²) in [6.45, 7) is -0.398. The van der Waals surface area contributed by atoms with Crippen molar-refractivity contribution in [3.63, 3.8) is 0 Å². The third-order valence-electron chi connectivity index (χ3n) is 3.55. The number of rotatable bonds is 5. The summed E-state index contributed by atoms with van der Waals surface area (Å²) in [6, 6.07) is 14.4. The van der Waals surface area contributed by atoms with Gasteiger partial charge in [-0.15, -0.1) is 11.8 Å². The number of hydrogen-bond acceptors (Lipinski definition) is 5. The third-order valence-corrected chi connectivity index (χ3v) is 5.35. The molecular weight excluding hydrogens is 420 g/mol. The summed E-state index contributed by atoms with van der Waals surface area (Å²) >= 11 is 4.62. The molecule has 0 aromatic heterocycles. The molecule has 1 heterocycles. The van der Waals surface area contributed by atoms with Crippen molar-refractivity contribution < 1.29 is 19.1 Å². The number of benzene rings is 2. The summed E-state index contributed by atoms with van der Waals surface area (Å²) in [5, 5.41) is 4.82. The van der Waals surface area contributed by atoms with Crippen LogP contribution in [0.25, 0.3) is 0 Å². The Labute approximate surface area is 162 Å². The van der Waals surface area contributed by atoms with Crippen LogP contribution in [0.5, 0.6) is 0 Å². The number of thioether (sulfide) groups is 1.